The Bertz CT molecular complexity index is 798. The molecule has 0 aliphatic carbocycles. The smallest absolute Gasteiger partial charge is 0.319 e. The molecule has 0 saturated carbocycles. The lowest BCUT2D eigenvalue weighted by Gasteiger charge is -2.28. The summed E-state index contributed by atoms with van der Waals surface area (Å²) in [6.45, 7) is 3.35. The van der Waals surface area contributed by atoms with E-state index in [1.165, 1.54) is 12.1 Å². The Labute approximate surface area is 166 Å². The van der Waals surface area contributed by atoms with Crippen LogP contribution in [0.3, 0.4) is 0 Å². The van der Waals surface area contributed by atoms with Crippen LogP contribution in [0.1, 0.15) is 5.56 Å². The van der Waals surface area contributed by atoms with Crippen molar-refractivity contribution in [3.63, 3.8) is 0 Å². The average Bonchev–Trinajstić information content (AvgIpc) is 2.65. The molecular formula is C17H17Cl3N4O2. The second kappa shape index (κ2) is 8.77. The molecule has 0 spiro atoms. The minimum absolute atomic E-state index is 0.313. The summed E-state index contributed by atoms with van der Waals surface area (Å²) >= 11 is 17.9. The van der Waals surface area contributed by atoms with Gasteiger partial charge in [0.05, 0.1) is 34.0 Å². The largest absolute Gasteiger partial charge is 0.378 e. The molecule has 26 heavy (non-hydrogen) atoms. The number of nitrogens with zero attached hydrogens (tertiary/aromatic N) is 2. The van der Waals surface area contributed by atoms with Crippen LogP contribution in [0.15, 0.2) is 30.5 Å². The third-order valence-electron chi connectivity index (χ3n) is 3.86. The normalized spacial score (nSPS) is 14.2. The van der Waals surface area contributed by atoms with Gasteiger partial charge in [0.2, 0.25) is 0 Å². The molecule has 3 rings (SSSR count). The molecule has 138 valence electrons. The van der Waals surface area contributed by atoms with Gasteiger partial charge in [-0.15, -0.1) is 0 Å². The summed E-state index contributed by atoms with van der Waals surface area (Å²) in [6.07, 6.45) is 1.73. The molecular weight excluding hydrogens is 399 g/mol. The lowest BCUT2D eigenvalue weighted by molar-refractivity contribution is 0.122. The molecule has 0 unspecified atom stereocenters. The second-order valence-electron chi connectivity index (χ2n) is 5.68. The molecule has 2 amide bonds. The first-order chi connectivity index (χ1) is 12.5. The van der Waals surface area contributed by atoms with Gasteiger partial charge in [0.15, 0.2) is 0 Å². The lowest BCUT2D eigenvalue weighted by Crippen LogP contribution is -2.36. The van der Waals surface area contributed by atoms with E-state index in [0.29, 0.717) is 40.5 Å². The zero-order chi connectivity index (χ0) is 18.5. The molecule has 2 aromatic rings. The molecule has 2 heterocycles. The van der Waals surface area contributed by atoms with Gasteiger partial charge in [-0.3, -0.25) is 0 Å². The summed E-state index contributed by atoms with van der Waals surface area (Å²) in [5.41, 5.74) is 1.33. The van der Waals surface area contributed by atoms with Crippen LogP contribution in [-0.4, -0.2) is 37.3 Å². The maximum Gasteiger partial charge on any atom is 0.319 e. The van der Waals surface area contributed by atoms with E-state index in [9.17, 15) is 4.79 Å². The van der Waals surface area contributed by atoms with Crippen molar-refractivity contribution in [2.45, 2.75) is 6.54 Å². The zero-order valence-electron chi connectivity index (χ0n) is 13.8. The fourth-order valence-electron chi connectivity index (χ4n) is 2.50. The van der Waals surface area contributed by atoms with Crippen LogP contribution in [0.4, 0.5) is 16.3 Å². The van der Waals surface area contributed by atoms with Crippen molar-refractivity contribution < 1.29 is 9.53 Å². The van der Waals surface area contributed by atoms with Crippen molar-refractivity contribution in [1.82, 2.24) is 10.3 Å². The first-order valence-electron chi connectivity index (χ1n) is 8.00. The molecule has 0 radical (unpaired) electrons. The van der Waals surface area contributed by atoms with E-state index in [1.807, 2.05) is 12.1 Å². The summed E-state index contributed by atoms with van der Waals surface area (Å²) in [5, 5.41) is 6.40. The highest BCUT2D eigenvalue weighted by atomic mass is 35.5. The van der Waals surface area contributed by atoms with Gasteiger partial charge in [0.25, 0.3) is 0 Å². The topological polar surface area (TPSA) is 66.5 Å². The number of pyridine rings is 1. The first-order valence-corrected chi connectivity index (χ1v) is 9.13. The molecule has 1 saturated heterocycles. The number of nitrogens with one attached hydrogen (secondary N) is 2. The number of amides is 2. The molecule has 0 atom stereocenters. The van der Waals surface area contributed by atoms with Crippen molar-refractivity contribution >= 4 is 52.3 Å². The standard InChI is InChI=1S/C17H17Cl3N4O2/c18-12-8-14(20)15(9-13(12)19)23-17(25)22-10-11-1-2-21-16(7-11)24-3-5-26-6-4-24/h1-2,7-9H,3-6,10H2,(H2,22,23,25). The summed E-state index contributed by atoms with van der Waals surface area (Å²) in [5.74, 6) is 0.875. The zero-order valence-corrected chi connectivity index (χ0v) is 16.0. The number of benzene rings is 1. The van der Waals surface area contributed by atoms with Gasteiger partial charge in [-0.2, -0.15) is 0 Å². The quantitative estimate of drug-likeness (QED) is 0.735. The number of rotatable bonds is 4. The number of halogens is 3. The van der Waals surface area contributed by atoms with Crippen LogP contribution >= 0.6 is 34.8 Å². The Balaban J connectivity index is 1.58. The van der Waals surface area contributed by atoms with Crippen LogP contribution in [0.5, 0.6) is 0 Å². The van der Waals surface area contributed by atoms with Gasteiger partial charge in [-0.05, 0) is 29.8 Å². The molecule has 6 nitrogen and oxygen atoms in total. The molecule has 1 aromatic carbocycles. The maximum absolute atomic E-state index is 12.1. The number of hydrogen-bond acceptors (Lipinski definition) is 4. The van der Waals surface area contributed by atoms with Crippen LogP contribution in [0.25, 0.3) is 0 Å². The van der Waals surface area contributed by atoms with E-state index >= 15 is 0 Å². The van der Waals surface area contributed by atoms with Crippen LogP contribution in [0, 0.1) is 0 Å². The van der Waals surface area contributed by atoms with E-state index in [2.05, 4.69) is 20.5 Å². The van der Waals surface area contributed by atoms with E-state index in [0.717, 1.165) is 24.5 Å². The predicted molar refractivity (Wildman–Crippen MR) is 105 cm³/mol. The van der Waals surface area contributed by atoms with Crippen molar-refractivity contribution in [2.75, 3.05) is 36.5 Å². The number of hydrogen-bond donors (Lipinski definition) is 2. The highest BCUT2D eigenvalue weighted by molar-refractivity contribution is 6.44. The van der Waals surface area contributed by atoms with Gasteiger partial charge in [0.1, 0.15) is 5.82 Å². The monoisotopic (exact) mass is 414 g/mol. The second-order valence-corrected chi connectivity index (χ2v) is 6.90. The highest BCUT2D eigenvalue weighted by Crippen LogP contribution is 2.32. The minimum atomic E-state index is -0.393. The number of ether oxygens (including phenoxy) is 1. The van der Waals surface area contributed by atoms with Gasteiger partial charge < -0.3 is 20.3 Å². The van der Waals surface area contributed by atoms with E-state index in [1.54, 1.807) is 6.20 Å². The SMILES string of the molecule is O=C(NCc1ccnc(N2CCOCC2)c1)Nc1cc(Cl)c(Cl)cc1Cl. The van der Waals surface area contributed by atoms with Crippen LogP contribution in [0.2, 0.25) is 15.1 Å². The predicted octanol–water partition coefficient (Wildman–Crippen LogP) is 4.20. The molecule has 1 aliphatic heterocycles. The third kappa shape index (κ3) is 4.92. The third-order valence-corrected chi connectivity index (χ3v) is 4.89. The first kappa shape index (κ1) is 19.0. The van der Waals surface area contributed by atoms with Crippen molar-refractivity contribution in [3.8, 4) is 0 Å². The highest BCUT2D eigenvalue weighted by Gasteiger charge is 2.13. The van der Waals surface area contributed by atoms with Crippen LogP contribution < -0.4 is 15.5 Å². The minimum Gasteiger partial charge on any atom is -0.378 e. The number of urea groups is 1. The number of anilines is 2. The molecule has 1 aromatic heterocycles. The average molecular weight is 416 g/mol. The molecule has 2 N–H and O–H groups in total. The summed E-state index contributed by atoms with van der Waals surface area (Å²) in [7, 11) is 0. The summed E-state index contributed by atoms with van der Waals surface area (Å²) in [6, 6.07) is 6.41. The Kier molecular flexibility index (Phi) is 6.43. The van der Waals surface area contributed by atoms with E-state index in [-0.39, 0.29) is 0 Å². The van der Waals surface area contributed by atoms with Gasteiger partial charge in [0, 0.05) is 25.8 Å². The lowest BCUT2D eigenvalue weighted by atomic mass is 10.2. The number of carbonyl (C=O) groups is 1. The fraction of sp³-hybridized carbons (Fsp3) is 0.294. The number of aromatic nitrogens is 1. The Morgan fingerprint density at radius 1 is 1.12 bits per heavy atom. The van der Waals surface area contributed by atoms with Crippen molar-refractivity contribution in [3.05, 3.63) is 51.1 Å². The number of morpholine rings is 1. The van der Waals surface area contributed by atoms with Crippen LogP contribution in [-0.2, 0) is 11.3 Å². The molecule has 9 heteroatoms. The maximum atomic E-state index is 12.1. The molecule has 0 bridgehead atoms. The fourth-order valence-corrected chi connectivity index (χ4v) is 3.10. The molecule has 1 fully saturated rings. The van der Waals surface area contributed by atoms with E-state index in [4.69, 9.17) is 39.5 Å². The molecule has 1 aliphatic rings. The Morgan fingerprint density at radius 3 is 2.62 bits per heavy atom. The van der Waals surface area contributed by atoms with Crippen molar-refractivity contribution in [2.24, 2.45) is 0 Å². The van der Waals surface area contributed by atoms with E-state index < -0.39 is 6.03 Å². The van der Waals surface area contributed by atoms with Gasteiger partial charge in [-0.25, -0.2) is 9.78 Å². The Morgan fingerprint density at radius 2 is 1.85 bits per heavy atom. The van der Waals surface area contributed by atoms with Gasteiger partial charge >= 0.3 is 6.03 Å². The summed E-state index contributed by atoms with van der Waals surface area (Å²) in [4.78, 5) is 18.7. The van der Waals surface area contributed by atoms with Crippen molar-refractivity contribution in [1.29, 1.82) is 0 Å². The van der Waals surface area contributed by atoms with Gasteiger partial charge in [-0.1, -0.05) is 34.8 Å². The summed E-state index contributed by atoms with van der Waals surface area (Å²) < 4.78 is 5.35. The Hall–Kier alpha value is -1.73. The number of carbonyl (C=O) groups excluding carboxylic acids is 1.